The number of hydrogen-bond acceptors (Lipinski definition) is 2. The minimum Gasteiger partial charge on any atom is -0.371 e. The fraction of sp³-hybridized carbons (Fsp3) is 0.600. The van der Waals surface area contributed by atoms with Gasteiger partial charge in [0, 0.05) is 24.8 Å². The molecule has 1 saturated heterocycles. The predicted molar refractivity (Wildman–Crippen MR) is 74.4 cm³/mol. The molecule has 2 rings (SSSR count). The molecular weight excluding hydrogens is 208 g/mol. The Bertz CT molecular complexity index is 352. The van der Waals surface area contributed by atoms with Crippen LogP contribution >= 0.6 is 0 Å². The average molecular weight is 232 g/mol. The molecule has 0 atom stereocenters. The monoisotopic (exact) mass is 232 g/mol. The summed E-state index contributed by atoms with van der Waals surface area (Å²) in [5, 5.41) is 0. The van der Waals surface area contributed by atoms with Gasteiger partial charge in [-0.05, 0) is 42.9 Å². The number of anilines is 1. The maximum Gasteiger partial charge on any atom is 0.0368 e. The van der Waals surface area contributed by atoms with Gasteiger partial charge < -0.3 is 10.6 Å². The van der Waals surface area contributed by atoms with Crippen LogP contribution in [0.5, 0.6) is 0 Å². The molecule has 0 bridgehead atoms. The summed E-state index contributed by atoms with van der Waals surface area (Å²) in [4.78, 5) is 2.47. The first-order chi connectivity index (χ1) is 8.15. The van der Waals surface area contributed by atoms with Gasteiger partial charge >= 0.3 is 0 Å². The van der Waals surface area contributed by atoms with E-state index in [1.54, 1.807) is 0 Å². The molecule has 2 heteroatoms. The second-order valence-electron chi connectivity index (χ2n) is 5.59. The third-order valence-electron chi connectivity index (χ3n) is 3.46. The Morgan fingerprint density at radius 1 is 1.29 bits per heavy atom. The van der Waals surface area contributed by atoms with Gasteiger partial charge in [-0.25, -0.2) is 0 Å². The maximum absolute atomic E-state index is 5.94. The second-order valence-corrected chi connectivity index (χ2v) is 5.59. The summed E-state index contributed by atoms with van der Waals surface area (Å²) in [5.41, 5.74) is 8.77. The first-order valence-electron chi connectivity index (χ1n) is 6.74. The lowest BCUT2D eigenvalue weighted by Gasteiger charge is -2.32. The summed E-state index contributed by atoms with van der Waals surface area (Å²) >= 11 is 0. The van der Waals surface area contributed by atoms with Crippen LogP contribution in [0.15, 0.2) is 24.3 Å². The van der Waals surface area contributed by atoms with Crippen molar-refractivity contribution in [1.82, 2.24) is 0 Å². The lowest BCUT2D eigenvalue weighted by Crippen LogP contribution is -2.39. The zero-order valence-electron chi connectivity index (χ0n) is 11.0. The SMILES string of the molecule is CC(C)Cc1cccc(N2CCC(N)CC2)c1. The molecule has 0 aliphatic carbocycles. The third kappa shape index (κ3) is 3.47. The molecule has 1 fully saturated rings. The molecule has 2 N–H and O–H groups in total. The van der Waals surface area contributed by atoms with E-state index in [0.717, 1.165) is 31.8 Å². The molecule has 1 aliphatic heterocycles. The molecule has 94 valence electrons. The van der Waals surface area contributed by atoms with Gasteiger partial charge in [0.15, 0.2) is 0 Å². The lowest BCUT2D eigenvalue weighted by molar-refractivity contribution is 0.501. The Kier molecular flexibility index (Phi) is 4.06. The van der Waals surface area contributed by atoms with Crippen molar-refractivity contribution in [3.63, 3.8) is 0 Å². The zero-order chi connectivity index (χ0) is 12.3. The van der Waals surface area contributed by atoms with E-state index in [1.165, 1.54) is 17.7 Å². The standard InChI is InChI=1S/C15H24N2/c1-12(2)10-13-4-3-5-15(11-13)17-8-6-14(16)7-9-17/h3-5,11-12,14H,6-10,16H2,1-2H3. The largest absolute Gasteiger partial charge is 0.371 e. The summed E-state index contributed by atoms with van der Waals surface area (Å²) in [7, 11) is 0. The first-order valence-corrected chi connectivity index (χ1v) is 6.74. The number of benzene rings is 1. The number of nitrogens with zero attached hydrogens (tertiary/aromatic N) is 1. The molecule has 0 radical (unpaired) electrons. The Hall–Kier alpha value is -1.02. The third-order valence-corrected chi connectivity index (χ3v) is 3.46. The highest BCUT2D eigenvalue weighted by atomic mass is 15.1. The van der Waals surface area contributed by atoms with E-state index in [1.807, 2.05) is 0 Å². The smallest absolute Gasteiger partial charge is 0.0368 e. The van der Waals surface area contributed by atoms with Gasteiger partial charge in [0.2, 0.25) is 0 Å². The summed E-state index contributed by atoms with van der Waals surface area (Å²) in [6.45, 7) is 6.75. The molecule has 1 aromatic rings. The molecule has 0 aromatic heterocycles. The molecule has 0 saturated carbocycles. The van der Waals surface area contributed by atoms with Crippen molar-refractivity contribution in [2.75, 3.05) is 18.0 Å². The molecule has 1 heterocycles. The van der Waals surface area contributed by atoms with E-state index in [2.05, 4.69) is 43.0 Å². The van der Waals surface area contributed by atoms with E-state index in [4.69, 9.17) is 5.73 Å². The van der Waals surface area contributed by atoms with Gasteiger partial charge in [0.05, 0.1) is 0 Å². The van der Waals surface area contributed by atoms with Crippen molar-refractivity contribution in [3.8, 4) is 0 Å². The Labute approximate surface area is 105 Å². The van der Waals surface area contributed by atoms with Crippen LogP contribution in [-0.4, -0.2) is 19.1 Å². The summed E-state index contributed by atoms with van der Waals surface area (Å²) in [6, 6.07) is 9.39. The van der Waals surface area contributed by atoms with Gasteiger partial charge in [0.25, 0.3) is 0 Å². The minimum atomic E-state index is 0.407. The number of rotatable bonds is 3. The second kappa shape index (κ2) is 5.54. The minimum absolute atomic E-state index is 0.407. The molecule has 2 nitrogen and oxygen atoms in total. The van der Waals surface area contributed by atoms with Crippen LogP contribution in [0.1, 0.15) is 32.3 Å². The Morgan fingerprint density at radius 3 is 2.65 bits per heavy atom. The predicted octanol–water partition coefficient (Wildman–Crippen LogP) is 2.81. The van der Waals surface area contributed by atoms with Crippen molar-refractivity contribution in [2.45, 2.75) is 39.2 Å². The van der Waals surface area contributed by atoms with Crippen molar-refractivity contribution in [3.05, 3.63) is 29.8 Å². The number of piperidine rings is 1. The van der Waals surface area contributed by atoms with E-state index in [0.29, 0.717) is 6.04 Å². The van der Waals surface area contributed by atoms with Gasteiger partial charge in [-0.3, -0.25) is 0 Å². The van der Waals surface area contributed by atoms with E-state index < -0.39 is 0 Å². The normalized spacial score (nSPS) is 17.8. The van der Waals surface area contributed by atoms with E-state index in [-0.39, 0.29) is 0 Å². The van der Waals surface area contributed by atoms with Crippen LogP contribution < -0.4 is 10.6 Å². The van der Waals surface area contributed by atoms with E-state index in [9.17, 15) is 0 Å². The molecule has 0 unspecified atom stereocenters. The van der Waals surface area contributed by atoms with Crippen LogP contribution in [0.4, 0.5) is 5.69 Å². The molecule has 1 aromatic carbocycles. The molecule has 0 amide bonds. The van der Waals surface area contributed by atoms with Crippen LogP contribution in [-0.2, 0) is 6.42 Å². The average Bonchev–Trinajstić information content (AvgIpc) is 2.29. The quantitative estimate of drug-likeness (QED) is 0.868. The van der Waals surface area contributed by atoms with Crippen LogP contribution in [0.3, 0.4) is 0 Å². The molecule has 17 heavy (non-hydrogen) atoms. The van der Waals surface area contributed by atoms with Crippen molar-refractivity contribution in [1.29, 1.82) is 0 Å². The Balaban J connectivity index is 2.05. The van der Waals surface area contributed by atoms with Gasteiger partial charge in [-0.1, -0.05) is 26.0 Å². The number of hydrogen-bond donors (Lipinski definition) is 1. The summed E-state index contributed by atoms with van der Waals surface area (Å²) < 4.78 is 0. The van der Waals surface area contributed by atoms with Gasteiger partial charge in [-0.15, -0.1) is 0 Å². The van der Waals surface area contributed by atoms with Gasteiger partial charge in [0.1, 0.15) is 0 Å². The fourth-order valence-corrected chi connectivity index (χ4v) is 2.51. The van der Waals surface area contributed by atoms with Crippen molar-refractivity contribution < 1.29 is 0 Å². The lowest BCUT2D eigenvalue weighted by atomic mass is 10.0. The van der Waals surface area contributed by atoms with Crippen molar-refractivity contribution >= 4 is 5.69 Å². The topological polar surface area (TPSA) is 29.3 Å². The van der Waals surface area contributed by atoms with Crippen molar-refractivity contribution in [2.24, 2.45) is 11.7 Å². The zero-order valence-corrected chi connectivity index (χ0v) is 11.0. The molecular formula is C15H24N2. The van der Waals surface area contributed by atoms with E-state index >= 15 is 0 Å². The highest BCUT2D eigenvalue weighted by Crippen LogP contribution is 2.21. The van der Waals surface area contributed by atoms with Crippen LogP contribution in [0, 0.1) is 5.92 Å². The molecule has 0 spiro atoms. The van der Waals surface area contributed by atoms with Crippen LogP contribution in [0.2, 0.25) is 0 Å². The van der Waals surface area contributed by atoms with Crippen LogP contribution in [0.25, 0.3) is 0 Å². The maximum atomic E-state index is 5.94. The van der Waals surface area contributed by atoms with Gasteiger partial charge in [-0.2, -0.15) is 0 Å². The first kappa shape index (κ1) is 12.4. The summed E-state index contributed by atoms with van der Waals surface area (Å²) in [6.07, 6.45) is 3.41. The molecule has 1 aliphatic rings. The summed E-state index contributed by atoms with van der Waals surface area (Å²) in [5.74, 6) is 0.722. The highest BCUT2D eigenvalue weighted by molar-refractivity contribution is 5.49. The number of nitrogens with two attached hydrogens (primary N) is 1. The highest BCUT2D eigenvalue weighted by Gasteiger charge is 2.16. The fourth-order valence-electron chi connectivity index (χ4n) is 2.51. The Morgan fingerprint density at radius 2 is 2.00 bits per heavy atom.